The summed E-state index contributed by atoms with van der Waals surface area (Å²) in [6, 6.07) is 4.00. The molecular formula is C11H18N4O2. The fourth-order valence-electron chi connectivity index (χ4n) is 1.22. The molecule has 0 aliphatic rings. The Balaban J connectivity index is 3.91. The van der Waals surface area contributed by atoms with Crippen LogP contribution in [0.2, 0.25) is 0 Å². The topological polar surface area (TPSA) is 89.2 Å². The molecule has 0 aromatic carbocycles. The summed E-state index contributed by atoms with van der Waals surface area (Å²) in [5.74, 6) is -0.130. The van der Waals surface area contributed by atoms with Gasteiger partial charge in [0.05, 0.1) is 31.7 Å². The van der Waals surface area contributed by atoms with Crippen LogP contribution in [0, 0.1) is 22.7 Å². The second kappa shape index (κ2) is 10.9. The first kappa shape index (κ1) is 15.4. The van der Waals surface area contributed by atoms with Crippen molar-refractivity contribution >= 4 is 5.91 Å². The van der Waals surface area contributed by atoms with Crippen LogP contribution in [0.5, 0.6) is 0 Å². The number of nitrogens with one attached hydrogen (secondary N) is 1. The summed E-state index contributed by atoms with van der Waals surface area (Å²) in [5.41, 5.74) is 0. The van der Waals surface area contributed by atoms with Crippen LogP contribution in [-0.4, -0.2) is 50.7 Å². The summed E-state index contributed by atoms with van der Waals surface area (Å²) >= 11 is 0. The molecule has 0 radical (unpaired) electrons. The summed E-state index contributed by atoms with van der Waals surface area (Å²) in [6.07, 6.45) is 0.692. The largest absolute Gasteiger partial charge is 0.383 e. The number of rotatable bonds is 9. The van der Waals surface area contributed by atoms with Gasteiger partial charge in [-0.2, -0.15) is 10.5 Å². The molecule has 0 spiro atoms. The van der Waals surface area contributed by atoms with Crippen LogP contribution < -0.4 is 5.32 Å². The lowest BCUT2D eigenvalue weighted by molar-refractivity contribution is -0.122. The van der Waals surface area contributed by atoms with Crippen LogP contribution in [-0.2, 0) is 9.53 Å². The molecule has 0 unspecified atom stereocenters. The van der Waals surface area contributed by atoms with Crippen molar-refractivity contribution in [2.45, 2.75) is 12.8 Å². The molecule has 0 saturated heterocycles. The highest BCUT2D eigenvalue weighted by atomic mass is 16.5. The van der Waals surface area contributed by atoms with Crippen molar-refractivity contribution in [2.75, 3.05) is 39.9 Å². The van der Waals surface area contributed by atoms with E-state index in [4.69, 9.17) is 15.3 Å². The minimum atomic E-state index is -0.130. The van der Waals surface area contributed by atoms with Crippen molar-refractivity contribution in [3.05, 3.63) is 0 Å². The van der Waals surface area contributed by atoms with E-state index in [1.807, 2.05) is 17.0 Å². The zero-order valence-corrected chi connectivity index (χ0v) is 10.1. The quantitative estimate of drug-likeness (QED) is 0.565. The van der Waals surface area contributed by atoms with E-state index in [9.17, 15) is 4.79 Å². The van der Waals surface area contributed by atoms with Crippen LogP contribution in [0.1, 0.15) is 12.8 Å². The summed E-state index contributed by atoms with van der Waals surface area (Å²) in [6.45, 7) is 2.29. The molecule has 0 heterocycles. The van der Waals surface area contributed by atoms with Gasteiger partial charge in [-0.25, -0.2) is 0 Å². The first-order chi connectivity index (χ1) is 8.24. The lowest BCUT2D eigenvalue weighted by Gasteiger charge is -2.19. The number of nitriles is 2. The van der Waals surface area contributed by atoms with E-state index in [-0.39, 0.29) is 12.5 Å². The smallest absolute Gasteiger partial charge is 0.234 e. The van der Waals surface area contributed by atoms with Gasteiger partial charge < -0.3 is 10.1 Å². The van der Waals surface area contributed by atoms with Crippen molar-refractivity contribution in [3.8, 4) is 12.1 Å². The Kier molecular flexibility index (Phi) is 9.83. The van der Waals surface area contributed by atoms with Gasteiger partial charge in [-0.1, -0.05) is 0 Å². The Labute approximate surface area is 102 Å². The van der Waals surface area contributed by atoms with Crippen molar-refractivity contribution in [1.82, 2.24) is 10.2 Å². The van der Waals surface area contributed by atoms with Crippen LogP contribution >= 0.6 is 0 Å². The van der Waals surface area contributed by atoms with Crippen LogP contribution in [0.25, 0.3) is 0 Å². The van der Waals surface area contributed by atoms with Gasteiger partial charge in [0.15, 0.2) is 0 Å². The maximum atomic E-state index is 11.5. The van der Waals surface area contributed by atoms with E-state index >= 15 is 0 Å². The summed E-state index contributed by atoms with van der Waals surface area (Å²) in [5, 5.41) is 19.5. The highest BCUT2D eigenvalue weighted by Gasteiger charge is 2.09. The van der Waals surface area contributed by atoms with Crippen molar-refractivity contribution in [2.24, 2.45) is 0 Å². The van der Waals surface area contributed by atoms with Gasteiger partial charge in [-0.05, 0) is 0 Å². The number of carbonyl (C=O) groups is 1. The molecule has 17 heavy (non-hydrogen) atoms. The van der Waals surface area contributed by atoms with Gasteiger partial charge >= 0.3 is 0 Å². The molecule has 1 amide bonds. The Bertz CT molecular complexity index is 293. The summed E-state index contributed by atoms with van der Waals surface area (Å²) in [4.78, 5) is 13.3. The molecule has 0 aliphatic heterocycles. The molecule has 0 aromatic rings. The second-order valence-electron chi connectivity index (χ2n) is 3.44. The Morgan fingerprint density at radius 1 is 1.29 bits per heavy atom. The zero-order chi connectivity index (χ0) is 12.9. The minimum Gasteiger partial charge on any atom is -0.383 e. The van der Waals surface area contributed by atoms with E-state index in [0.29, 0.717) is 39.1 Å². The normalized spacial score (nSPS) is 9.65. The Morgan fingerprint density at radius 2 is 2.00 bits per heavy atom. The number of amides is 1. The molecule has 6 heteroatoms. The zero-order valence-electron chi connectivity index (χ0n) is 10.1. The molecule has 0 saturated carbocycles. The fourth-order valence-corrected chi connectivity index (χ4v) is 1.22. The SMILES string of the molecule is COCCN(CCC#N)CC(=O)NCCC#N. The van der Waals surface area contributed by atoms with Crippen LogP contribution in [0.3, 0.4) is 0 Å². The molecule has 0 aromatic heterocycles. The summed E-state index contributed by atoms with van der Waals surface area (Å²) < 4.78 is 4.93. The maximum absolute atomic E-state index is 11.5. The number of hydrogen-bond donors (Lipinski definition) is 1. The van der Waals surface area contributed by atoms with E-state index in [1.165, 1.54) is 0 Å². The van der Waals surface area contributed by atoms with E-state index in [2.05, 4.69) is 5.32 Å². The summed E-state index contributed by atoms with van der Waals surface area (Å²) in [7, 11) is 1.59. The average Bonchev–Trinajstić information content (AvgIpc) is 2.33. The molecule has 1 N–H and O–H groups in total. The van der Waals surface area contributed by atoms with Gasteiger partial charge in [0.2, 0.25) is 5.91 Å². The number of carbonyl (C=O) groups excluding carboxylic acids is 1. The predicted octanol–water partition coefficient (Wildman–Crippen LogP) is -0.122. The third-order valence-corrected chi connectivity index (χ3v) is 2.08. The lowest BCUT2D eigenvalue weighted by Crippen LogP contribution is -2.39. The van der Waals surface area contributed by atoms with Gasteiger partial charge in [0.1, 0.15) is 0 Å². The minimum absolute atomic E-state index is 0.130. The molecule has 6 nitrogen and oxygen atoms in total. The second-order valence-corrected chi connectivity index (χ2v) is 3.44. The highest BCUT2D eigenvalue weighted by molar-refractivity contribution is 5.77. The predicted molar refractivity (Wildman–Crippen MR) is 61.8 cm³/mol. The number of nitrogens with zero attached hydrogens (tertiary/aromatic N) is 3. The fraction of sp³-hybridized carbons (Fsp3) is 0.727. The Morgan fingerprint density at radius 3 is 2.59 bits per heavy atom. The monoisotopic (exact) mass is 238 g/mol. The first-order valence-corrected chi connectivity index (χ1v) is 5.46. The van der Waals surface area contributed by atoms with Crippen molar-refractivity contribution in [3.63, 3.8) is 0 Å². The number of methoxy groups -OCH3 is 1. The molecule has 0 rings (SSSR count). The highest BCUT2D eigenvalue weighted by Crippen LogP contribution is 1.91. The van der Waals surface area contributed by atoms with E-state index in [0.717, 1.165) is 0 Å². The third-order valence-electron chi connectivity index (χ3n) is 2.08. The molecule has 0 atom stereocenters. The molecule has 0 bridgehead atoms. The number of hydrogen-bond acceptors (Lipinski definition) is 5. The standard InChI is InChI=1S/C11H18N4O2/c1-17-9-8-15(7-3-5-13)10-11(16)14-6-2-4-12/h2-3,6-10H2,1H3,(H,14,16). The van der Waals surface area contributed by atoms with E-state index < -0.39 is 0 Å². The van der Waals surface area contributed by atoms with Crippen LogP contribution in [0.15, 0.2) is 0 Å². The Hall–Kier alpha value is -1.63. The van der Waals surface area contributed by atoms with Crippen molar-refractivity contribution in [1.29, 1.82) is 10.5 Å². The van der Waals surface area contributed by atoms with Gasteiger partial charge in [0.25, 0.3) is 0 Å². The molecule has 94 valence electrons. The van der Waals surface area contributed by atoms with Crippen molar-refractivity contribution < 1.29 is 9.53 Å². The molecule has 0 aliphatic carbocycles. The molecular weight excluding hydrogens is 220 g/mol. The van der Waals surface area contributed by atoms with Gasteiger partial charge in [-0.15, -0.1) is 0 Å². The average molecular weight is 238 g/mol. The van der Waals surface area contributed by atoms with Gasteiger partial charge in [-0.3, -0.25) is 9.69 Å². The number of ether oxygens (including phenoxy) is 1. The van der Waals surface area contributed by atoms with E-state index in [1.54, 1.807) is 7.11 Å². The third kappa shape index (κ3) is 9.31. The first-order valence-electron chi connectivity index (χ1n) is 5.46. The molecule has 0 fully saturated rings. The van der Waals surface area contributed by atoms with Gasteiger partial charge in [0, 0.05) is 33.2 Å². The van der Waals surface area contributed by atoms with Crippen LogP contribution in [0.4, 0.5) is 0 Å². The lowest BCUT2D eigenvalue weighted by atomic mass is 10.3. The maximum Gasteiger partial charge on any atom is 0.234 e.